The van der Waals surface area contributed by atoms with Crippen LogP contribution in [0.5, 0.6) is 5.75 Å². The van der Waals surface area contributed by atoms with Crippen molar-refractivity contribution in [1.82, 2.24) is 10.3 Å². The van der Waals surface area contributed by atoms with Gasteiger partial charge in [0.15, 0.2) is 12.8 Å². The second-order valence-electron chi connectivity index (χ2n) is 7.29. The van der Waals surface area contributed by atoms with Crippen LogP contribution in [0.1, 0.15) is 22.7 Å². The number of carbonyl (C=O) groups is 1. The van der Waals surface area contributed by atoms with Crippen molar-refractivity contribution in [2.75, 3.05) is 28.7 Å². The smallest absolute Gasteiger partial charge is 0.262 e. The van der Waals surface area contributed by atoms with Crippen molar-refractivity contribution in [3.05, 3.63) is 69.7 Å². The van der Waals surface area contributed by atoms with E-state index in [9.17, 15) is 10.1 Å². The Kier molecular flexibility index (Phi) is 6.66. The molecule has 2 heterocycles. The number of anilines is 4. The van der Waals surface area contributed by atoms with E-state index in [1.165, 1.54) is 0 Å². The molecule has 12 heteroatoms. The van der Waals surface area contributed by atoms with E-state index in [1.807, 2.05) is 24.3 Å². The number of nitriles is 2. The molecule has 1 amide bonds. The number of ether oxygens (including phenoxy) is 1. The molecule has 1 unspecified atom stereocenters. The van der Waals surface area contributed by atoms with Crippen LogP contribution in [0.25, 0.3) is 0 Å². The first-order valence-corrected chi connectivity index (χ1v) is 11.0. The Morgan fingerprint density at radius 1 is 1.20 bits per heavy atom. The summed E-state index contributed by atoms with van der Waals surface area (Å²) in [6, 6.07) is 15.3. The quantitative estimate of drug-likeness (QED) is 0.243. The minimum Gasteiger partial charge on any atom is -0.483 e. The summed E-state index contributed by atoms with van der Waals surface area (Å²) in [6.45, 7) is -0.271. The van der Waals surface area contributed by atoms with Crippen molar-refractivity contribution in [3.8, 4) is 18.0 Å². The van der Waals surface area contributed by atoms with Gasteiger partial charge in [-0.25, -0.2) is 9.98 Å². The molecule has 0 fully saturated rings. The molecule has 3 aromatic rings. The third kappa shape index (κ3) is 4.93. The molecule has 0 bridgehead atoms. The number of halogens is 1. The number of fused-ring (bicyclic) bond motifs is 1. The van der Waals surface area contributed by atoms with Gasteiger partial charge in [0, 0.05) is 21.3 Å². The highest BCUT2D eigenvalue weighted by molar-refractivity contribution is 9.10. The van der Waals surface area contributed by atoms with Gasteiger partial charge in [-0.1, -0.05) is 34.1 Å². The van der Waals surface area contributed by atoms with Crippen LogP contribution in [0.15, 0.2) is 58.0 Å². The number of guanidine groups is 1. The first kappa shape index (κ1) is 23.4. The zero-order valence-electron chi connectivity index (χ0n) is 18.0. The Morgan fingerprint density at radius 3 is 2.69 bits per heavy atom. The molecule has 1 atom stereocenters. The molecule has 7 N–H and O–H groups in total. The highest BCUT2D eigenvalue weighted by atomic mass is 79.9. The van der Waals surface area contributed by atoms with Crippen LogP contribution in [0.4, 0.5) is 23.0 Å². The Bertz CT molecular complexity index is 1410. The Balaban J connectivity index is 1.72. The summed E-state index contributed by atoms with van der Waals surface area (Å²) in [6.07, 6.45) is 1.80. The number of para-hydroxylation sites is 1. The molecule has 11 nitrogen and oxygen atoms in total. The number of amides is 1. The molecule has 1 aromatic heterocycles. The number of nitrogens with one attached hydrogen (secondary N) is 3. The second-order valence-corrected chi connectivity index (χ2v) is 8.20. The minimum absolute atomic E-state index is 0.0159. The molecule has 2 aromatic carbocycles. The predicted molar refractivity (Wildman–Crippen MR) is 134 cm³/mol. The van der Waals surface area contributed by atoms with E-state index < -0.39 is 6.04 Å². The first-order chi connectivity index (χ1) is 16.9. The maximum Gasteiger partial charge on any atom is 0.262 e. The lowest BCUT2D eigenvalue weighted by molar-refractivity contribution is -0.118. The number of aliphatic imine (C=N–C) groups is 1. The molecule has 4 rings (SSSR count). The monoisotopic (exact) mass is 531 g/mol. The molecule has 1 aliphatic rings. The fourth-order valence-electron chi connectivity index (χ4n) is 3.53. The highest BCUT2D eigenvalue weighted by Crippen LogP contribution is 2.43. The van der Waals surface area contributed by atoms with Crippen LogP contribution in [-0.2, 0) is 4.79 Å². The fourth-order valence-corrected chi connectivity index (χ4v) is 3.91. The second kappa shape index (κ2) is 9.99. The molecule has 0 radical (unpaired) electrons. The standard InChI is InChI=1S/C23H18BrN9O2/c24-12-6-7-16(35-10-17(34)30-13-4-2-1-3-5-13)14(8-12)20-18-19(27)15(9-25)21(28)32-22(18)33-23(31-20)29-11-26/h1-8,20H,10H2,(H,30,34)(H6,27,28,29,31,32,33). The topological polar surface area (TPSA) is 187 Å². The van der Waals surface area contributed by atoms with Crippen molar-refractivity contribution in [1.29, 1.82) is 10.5 Å². The highest BCUT2D eigenvalue weighted by Gasteiger charge is 2.31. The zero-order chi connectivity index (χ0) is 24.9. The number of nitrogens with two attached hydrogens (primary N) is 2. The molecular formula is C23H18BrN9O2. The number of nitrogen functional groups attached to an aromatic ring is 2. The van der Waals surface area contributed by atoms with E-state index in [-0.39, 0.29) is 41.4 Å². The number of hydrogen-bond acceptors (Lipinski definition) is 10. The van der Waals surface area contributed by atoms with Gasteiger partial charge in [-0.05, 0) is 30.3 Å². The Hall–Kier alpha value is -4.81. The predicted octanol–water partition coefficient (Wildman–Crippen LogP) is 2.84. The van der Waals surface area contributed by atoms with Gasteiger partial charge in [0.2, 0.25) is 5.96 Å². The summed E-state index contributed by atoms with van der Waals surface area (Å²) in [5, 5.41) is 26.7. The van der Waals surface area contributed by atoms with E-state index in [0.717, 1.165) is 0 Å². The average Bonchev–Trinajstić information content (AvgIpc) is 2.83. The SMILES string of the molecule is N#CNC1=NC(c2cc(Br)ccc2OCC(=O)Nc2ccccc2)c2c(nc(N)c(C#N)c2N)N1. The number of rotatable bonds is 5. The Labute approximate surface area is 208 Å². The van der Waals surface area contributed by atoms with E-state index in [1.54, 1.807) is 36.5 Å². The summed E-state index contributed by atoms with van der Waals surface area (Å²) in [5.41, 5.74) is 13.9. The largest absolute Gasteiger partial charge is 0.483 e. The van der Waals surface area contributed by atoms with Crippen molar-refractivity contribution < 1.29 is 9.53 Å². The third-order valence-corrected chi connectivity index (χ3v) is 5.53. The summed E-state index contributed by atoms with van der Waals surface area (Å²) >= 11 is 3.45. The maximum absolute atomic E-state index is 12.4. The van der Waals surface area contributed by atoms with Gasteiger partial charge in [0.1, 0.15) is 35.1 Å². The van der Waals surface area contributed by atoms with Gasteiger partial charge in [0.25, 0.3) is 5.91 Å². The molecule has 1 aliphatic heterocycles. The van der Waals surface area contributed by atoms with Crippen molar-refractivity contribution in [2.24, 2.45) is 4.99 Å². The van der Waals surface area contributed by atoms with Crippen molar-refractivity contribution in [2.45, 2.75) is 6.04 Å². The van der Waals surface area contributed by atoms with E-state index in [0.29, 0.717) is 27.0 Å². The summed E-state index contributed by atoms with van der Waals surface area (Å²) in [4.78, 5) is 21.2. The van der Waals surface area contributed by atoms with Crippen molar-refractivity contribution in [3.63, 3.8) is 0 Å². The maximum atomic E-state index is 12.4. The molecule has 35 heavy (non-hydrogen) atoms. The van der Waals surface area contributed by atoms with Gasteiger partial charge in [-0.2, -0.15) is 10.5 Å². The Morgan fingerprint density at radius 2 is 1.97 bits per heavy atom. The molecule has 0 aliphatic carbocycles. The van der Waals surface area contributed by atoms with E-state index >= 15 is 0 Å². The number of carbonyl (C=O) groups excluding carboxylic acids is 1. The van der Waals surface area contributed by atoms with Gasteiger partial charge in [-0.3, -0.25) is 10.1 Å². The summed E-state index contributed by atoms with van der Waals surface area (Å²) in [7, 11) is 0. The van der Waals surface area contributed by atoms with Gasteiger partial charge < -0.3 is 26.8 Å². The lowest BCUT2D eigenvalue weighted by Crippen LogP contribution is -2.33. The lowest BCUT2D eigenvalue weighted by atomic mass is 9.94. The lowest BCUT2D eigenvalue weighted by Gasteiger charge is -2.27. The molecular weight excluding hydrogens is 514 g/mol. The van der Waals surface area contributed by atoms with Crippen LogP contribution in [0.3, 0.4) is 0 Å². The third-order valence-electron chi connectivity index (χ3n) is 5.04. The zero-order valence-corrected chi connectivity index (χ0v) is 19.6. The number of aromatic nitrogens is 1. The summed E-state index contributed by atoms with van der Waals surface area (Å²) in [5.74, 6) is 0.283. The van der Waals surface area contributed by atoms with Crippen LogP contribution in [0, 0.1) is 22.8 Å². The number of hydrogen-bond donors (Lipinski definition) is 5. The molecule has 0 saturated heterocycles. The molecule has 0 spiro atoms. The van der Waals surface area contributed by atoms with E-state index in [2.05, 4.69) is 41.9 Å². The van der Waals surface area contributed by atoms with Crippen LogP contribution in [0.2, 0.25) is 0 Å². The average molecular weight is 532 g/mol. The normalized spacial score (nSPS) is 13.8. The summed E-state index contributed by atoms with van der Waals surface area (Å²) < 4.78 is 6.56. The molecule has 0 saturated carbocycles. The van der Waals surface area contributed by atoms with Gasteiger partial charge in [-0.15, -0.1) is 0 Å². The minimum atomic E-state index is -0.827. The van der Waals surface area contributed by atoms with Gasteiger partial charge in [0.05, 0.1) is 5.69 Å². The van der Waals surface area contributed by atoms with Crippen LogP contribution < -0.4 is 32.2 Å². The number of pyridine rings is 1. The number of nitrogens with zero attached hydrogens (tertiary/aromatic N) is 4. The van der Waals surface area contributed by atoms with Gasteiger partial charge >= 0.3 is 0 Å². The van der Waals surface area contributed by atoms with Crippen molar-refractivity contribution >= 4 is 50.8 Å². The fraction of sp³-hybridized carbons (Fsp3) is 0.0870. The van der Waals surface area contributed by atoms with Crippen LogP contribution in [-0.4, -0.2) is 23.5 Å². The number of benzene rings is 2. The van der Waals surface area contributed by atoms with E-state index in [4.69, 9.17) is 21.5 Å². The first-order valence-electron chi connectivity index (χ1n) is 10.2. The van der Waals surface area contributed by atoms with Crippen LogP contribution >= 0.6 is 15.9 Å². The molecule has 174 valence electrons.